The molecule has 1 saturated carbocycles. The fourth-order valence-electron chi connectivity index (χ4n) is 1.20. The monoisotopic (exact) mass is 141 g/mol. The number of hydrogen-bond donors (Lipinski definition) is 1. The quantitative estimate of drug-likeness (QED) is 0.456. The summed E-state index contributed by atoms with van der Waals surface area (Å²) in [5.41, 5.74) is 0.122. The second-order valence-corrected chi connectivity index (χ2v) is 3.19. The molecular formula is C8H15NO. The zero-order valence-electron chi connectivity index (χ0n) is 6.52. The molecule has 58 valence electrons. The van der Waals surface area contributed by atoms with Gasteiger partial charge in [-0.2, -0.15) is 0 Å². The van der Waals surface area contributed by atoms with E-state index in [9.17, 15) is 4.79 Å². The van der Waals surface area contributed by atoms with E-state index in [0.717, 1.165) is 38.5 Å². The smallest absolute Gasteiger partial charge is 0.126 e. The maximum atomic E-state index is 10.5. The molecule has 10 heavy (non-hydrogen) atoms. The van der Waals surface area contributed by atoms with E-state index < -0.39 is 0 Å². The molecule has 0 spiro atoms. The second-order valence-electron chi connectivity index (χ2n) is 3.19. The van der Waals surface area contributed by atoms with Gasteiger partial charge < -0.3 is 10.1 Å². The Balaban J connectivity index is 2.07. The van der Waals surface area contributed by atoms with Crippen LogP contribution < -0.4 is 5.32 Å². The lowest BCUT2D eigenvalue weighted by molar-refractivity contribution is -0.112. The van der Waals surface area contributed by atoms with Gasteiger partial charge in [-0.15, -0.1) is 0 Å². The highest BCUT2D eigenvalue weighted by Crippen LogP contribution is 2.47. The van der Waals surface area contributed by atoms with Gasteiger partial charge in [0.15, 0.2) is 0 Å². The third kappa shape index (κ3) is 1.81. The Hall–Kier alpha value is -0.370. The SMILES string of the molecule is CNCCCC1(C=O)CC1. The van der Waals surface area contributed by atoms with Crippen LogP contribution in [0.1, 0.15) is 25.7 Å². The molecular weight excluding hydrogens is 126 g/mol. The molecule has 0 atom stereocenters. The van der Waals surface area contributed by atoms with Crippen LogP contribution in [0.25, 0.3) is 0 Å². The van der Waals surface area contributed by atoms with Crippen LogP contribution in [0.3, 0.4) is 0 Å². The molecule has 0 unspecified atom stereocenters. The number of hydrogen-bond acceptors (Lipinski definition) is 2. The molecule has 2 heteroatoms. The van der Waals surface area contributed by atoms with Crippen LogP contribution in [0.5, 0.6) is 0 Å². The van der Waals surface area contributed by atoms with Gasteiger partial charge in [0.05, 0.1) is 0 Å². The van der Waals surface area contributed by atoms with Crippen molar-refractivity contribution in [1.29, 1.82) is 0 Å². The fraction of sp³-hybridized carbons (Fsp3) is 0.875. The molecule has 0 aromatic heterocycles. The molecule has 0 heterocycles. The highest BCUT2D eigenvalue weighted by Gasteiger charge is 2.41. The molecule has 1 fully saturated rings. The Morgan fingerprint density at radius 2 is 2.30 bits per heavy atom. The van der Waals surface area contributed by atoms with Gasteiger partial charge in [-0.05, 0) is 39.3 Å². The number of carbonyl (C=O) groups is 1. The lowest BCUT2D eigenvalue weighted by atomic mass is 10.0. The predicted molar refractivity (Wildman–Crippen MR) is 40.9 cm³/mol. The van der Waals surface area contributed by atoms with Crippen molar-refractivity contribution in [2.24, 2.45) is 5.41 Å². The summed E-state index contributed by atoms with van der Waals surface area (Å²) in [7, 11) is 1.94. The van der Waals surface area contributed by atoms with Crippen LogP contribution in [-0.4, -0.2) is 19.9 Å². The van der Waals surface area contributed by atoms with Crippen molar-refractivity contribution >= 4 is 6.29 Å². The van der Waals surface area contributed by atoms with Crippen molar-refractivity contribution in [3.63, 3.8) is 0 Å². The van der Waals surface area contributed by atoms with Gasteiger partial charge in [-0.25, -0.2) is 0 Å². The summed E-state index contributed by atoms with van der Waals surface area (Å²) >= 11 is 0. The average Bonchev–Trinajstić information content (AvgIpc) is 2.70. The van der Waals surface area contributed by atoms with Crippen molar-refractivity contribution in [2.75, 3.05) is 13.6 Å². The first kappa shape index (κ1) is 7.73. The van der Waals surface area contributed by atoms with Crippen molar-refractivity contribution in [3.05, 3.63) is 0 Å². The maximum Gasteiger partial charge on any atom is 0.126 e. The lowest BCUT2D eigenvalue weighted by Crippen LogP contribution is -2.11. The molecule has 0 amide bonds. The van der Waals surface area contributed by atoms with E-state index in [0.29, 0.717) is 0 Å². The Morgan fingerprint density at radius 3 is 2.70 bits per heavy atom. The van der Waals surface area contributed by atoms with E-state index in [1.54, 1.807) is 0 Å². The van der Waals surface area contributed by atoms with Gasteiger partial charge in [0.2, 0.25) is 0 Å². The van der Waals surface area contributed by atoms with Gasteiger partial charge in [0.25, 0.3) is 0 Å². The van der Waals surface area contributed by atoms with Gasteiger partial charge in [0.1, 0.15) is 6.29 Å². The van der Waals surface area contributed by atoms with Crippen LogP contribution in [0.2, 0.25) is 0 Å². The molecule has 0 aromatic carbocycles. The maximum absolute atomic E-state index is 10.5. The largest absolute Gasteiger partial charge is 0.320 e. The minimum atomic E-state index is 0.122. The first-order valence-electron chi connectivity index (χ1n) is 3.94. The highest BCUT2D eigenvalue weighted by atomic mass is 16.1. The fourth-order valence-corrected chi connectivity index (χ4v) is 1.20. The zero-order chi connectivity index (χ0) is 7.45. The number of carbonyl (C=O) groups excluding carboxylic acids is 1. The minimum absolute atomic E-state index is 0.122. The molecule has 1 aliphatic rings. The van der Waals surface area contributed by atoms with E-state index >= 15 is 0 Å². The van der Waals surface area contributed by atoms with Crippen LogP contribution in [0.15, 0.2) is 0 Å². The van der Waals surface area contributed by atoms with Crippen LogP contribution >= 0.6 is 0 Å². The summed E-state index contributed by atoms with van der Waals surface area (Å²) in [4.78, 5) is 10.5. The summed E-state index contributed by atoms with van der Waals surface area (Å²) in [5, 5.41) is 3.08. The topological polar surface area (TPSA) is 29.1 Å². The molecule has 1 aliphatic carbocycles. The van der Waals surface area contributed by atoms with Gasteiger partial charge in [0, 0.05) is 5.41 Å². The highest BCUT2D eigenvalue weighted by molar-refractivity contribution is 5.63. The molecule has 0 aliphatic heterocycles. The van der Waals surface area contributed by atoms with Gasteiger partial charge >= 0.3 is 0 Å². The van der Waals surface area contributed by atoms with Gasteiger partial charge in [-0.1, -0.05) is 0 Å². The van der Waals surface area contributed by atoms with Crippen molar-refractivity contribution in [1.82, 2.24) is 5.32 Å². The standard InChI is InChI=1S/C8H15NO/c1-9-6-2-3-8(7-10)4-5-8/h7,9H,2-6H2,1H3. The first-order valence-corrected chi connectivity index (χ1v) is 3.94. The third-order valence-corrected chi connectivity index (χ3v) is 2.24. The molecule has 0 bridgehead atoms. The molecule has 1 rings (SSSR count). The Bertz CT molecular complexity index is 118. The summed E-state index contributed by atoms with van der Waals surface area (Å²) in [6.07, 6.45) is 5.61. The predicted octanol–water partition coefficient (Wildman–Crippen LogP) is 0.965. The number of nitrogens with one attached hydrogen (secondary N) is 1. The lowest BCUT2D eigenvalue weighted by Gasteiger charge is -2.04. The van der Waals surface area contributed by atoms with E-state index in [1.165, 1.54) is 0 Å². The van der Waals surface area contributed by atoms with Crippen LogP contribution in [0, 0.1) is 5.41 Å². The minimum Gasteiger partial charge on any atom is -0.320 e. The molecule has 2 nitrogen and oxygen atoms in total. The van der Waals surface area contributed by atoms with Crippen molar-refractivity contribution in [2.45, 2.75) is 25.7 Å². The first-order chi connectivity index (χ1) is 4.83. The number of aldehydes is 1. The van der Waals surface area contributed by atoms with Crippen molar-refractivity contribution < 1.29 is 4.79 Å². The van der Waals surface area contributed by atoms with Crippen molar-refractivity contribution in [3.8, 4) is 0 Å². The van der Waals surface area contributed by atoms with E-state index in [2.05, 4.69) is 5.32 Å². The normalized spacial score (nSPS) is 20.5. The summed E-state index contributed by atoms with van der Waals surface area (Å²) in [6.45, 7) is 1.04. The molecule has 0 saturated heterocycles. The summed E-state index contributed by atoms with van der Waals surface area (Å²) in [5.74, 6) is 0. The molecule has 1 N–H and O–H groups in total. The van der Waals surface area contributed by atoms with Crippen LogP contribution in [-0.2, 0) is 4.79 Å². The number of rotatable bonds is 5. The molecule has 0 radical (unpaired) electrons. The summed E-state index contributed by atoms with van der Waals surface area (Å²) < 4.78 is 0. The third-order valence-electron chi connectivity index (χ3n) is 2.24. The van der Waals surface area contributed by atoms with E-state index in [4.69, 9.17) is 0 Å². The molecule has 0 aromatic rings. The van der Waals surface area contributed by atoms with Gasteiger partial charge in [-0.3, -0.25) is 0 Å². The van der Waals surface area contributed by atoms with E-state index in [1.807, 2.05) is 7.05 Å². The summed E-state index contributed by atoms with van der Waals surface area (Å²) in [6, 6.07) is 0. The average molecular weight is 141 g/mol. The Kier molecular flexibility index (Phi) is 2.44. The Labute approximate surface area is 62.0 Å². The van der Waals surface area contributed by atoms with Crippen LogP contribution in [0.4, 0.5) is 0 Å². The zero-order valence-corrected chi connectivity index (χ0v) is 6.52. The Morgan fingerprint density at radius 1 is 1.60 bits per heavy atom. The second kappa shape index (κ2) is 3.15. The van der Waals surface area contributed by atoms with E-state index in [-0.39, 0.29) is 5.41 Å².